The van der Waals surface area contributed by atoms with Crippen LogP contribution in [0.4, 0.5) is 0 Å². The van der Waals surface area contributed by atoms with Gasteiger partial charge in [0, 0.05) is 44.4 Å². The van der Waals surface area contributed by atoms with Gasteiger partial charge in [0.25, 0.3) is 0 Å². The highest BCUT2D eigenvalue weighted by Gasteiger charge is 2.42. The first-order chi connectivity index (χ1) is 11.3. The molecule has 1 aliphatic carbocycles. The van der Waals surface area contributed by atoms with Crippen molar-refractivity contribution in [1.82, 2.24) is 19.4 Å². The molecule has 0 unspecified atom stereocenters. The van der Waals surface area contributed by atoms with Crippen LogP contribution in [0.25, 0.3) is 0 Å². The largest absolute Gasteiger partial charge is 0.373 e. The molecule has 0 radical (unpaired) electrons. The molecule has 1 saturated carbocycles. The van der Waals surface area contributed by atoms with Gasteiger partial charge in [-0.3, -0.25) is 9.48 Å². The van der Waals surface area contributed by atoms with E-state index in [9.17, 15) is 13.2 Å². The summed E-state index contributed by atoms with van der Waals surface area (Å²) >= 11 is 0. The van der Waals surface area contributed by atoms with Crippen molar-refractivity contribution < 1.29 is 17.9 Å². The Bertz CT molecular complexity index is 702. The predicted molar refractivity (Wildman–Crippen MR) is 87.4 cm³/mol. The van der Waals surface area contributed by atoms with Crippen molar-refractivity contribution in [3.63, 3.8) is 0 Å². The number of aryl methyl sites for hydroxylation is 1. The van der Waals surface area contributed by atoms with Crippen LogP contribution in [0.15, 0.2) is 12.4 Å². The maximum atomic E-state index is 12.3. The molecule has 1 amide bonds. The standard InChI is InChI=1S/C15H24N4O4S/c1-11-5-14(11)15(20)19-3-4-23-13(9-19)10-24(21,22)17-7-12-6-16-18(2)8-12/h6,8,11,13-14,17H,3-5,7,9-10H2,1-2H3/t11-,13-,14-/m1/s1. The molecule has 1 N–H and O–H groups in total. The molecule has 3 atom stereocenters. The highest BCUT2D eigenvalue weighted by atomic mass is 32.2. The lowest BCUT2D eigenvalue weighted by Gasteiger charge is -2.33. The number of ether oxygens (including phenoxy) is 1. The van der Waals surface area contributed by atoms with Crippen molar-refractivity contribution in [3.05, 3.63) is 18.0 Å². The Morgan fingerprint density at radius 3 is 2.88 bits per heavy atom. The third kappa shape index (κ3) is 4.34. The van der Waals surface area contributed by atoms with Gasteiger partial charge >= 0.3 is 0 Å². The van der Waals surface area contributed by atoms with E-state index in [0.717, 1.165) is 12.0 Å². The number of nitrogens with zero attached hydrogens (tertiary/aromatic N) is 3. The van der Waals surface area contributed by atoms with E-state index in [-0.39, 0.29) is 24.1 Å². The Balaban J connectivity index is 1.51. The zero-order valence-electron chi connectivity index (χ0n) is 14.0. The number of aromatic nitrogens is 2. The van der Waals surface area contributed by atoms with E-state index in [1.807, 2.05) is 0 Å². The topological polar surface area (TPSA) is 93.5 Å². The van der Waals surface area contributed by atoms with Gasteiger partial charge in [-0.05, 0) is 12.3 Å². The smallest absolute Gasteiger partial charge is 0.226 e. The van der Waals surface area contributed by atoms with Crippen molar-refractivity contribution in [2.75, 3.05) is 25.4 Å². The van der Waals surface area contributed by atoms with Crippen LogP contribution in [0.5, 0.6) is 0 Å². The minimum Gasteiger partial charge on any atom is -0.373 e. The van der Waals surface area contributed by atoms with Crippen molar-refractivity contribution in [3.8, 4) is 0 Å². The van der Waals surface area contributed by atoms with Crippen molar-refractivity contribution >= 4 is 15.9 Å². The van der Waals surface area contributed by atoms with Crippen LogP contribution in [0, 0.1) is 11.8 Å². The Morgan fingerprint density at radius 2 is 2.25 bits per heavy atom. The second kappa shape index (κ2) is 6.81. The second-order valence-electron chi connectivity index (χ2n) is 6.72. The fraction of sp³-hybridized carbons (Fsp3) is 0.733. The van der Waals surface area contributed by atoms with E-state index in [0.29, 0.717) is 25.6 Å². The summed E-state index contributed by atoms with van der Waals surface area (Å²) in [5, 5.41) is 4.00. The van der Waals surface area contributed by atoms with Gasteiger partial charge in [-0.1, -0.05) is 6.92 Å². The molecule has 134 valence electrons. The molecule has 8 nitrogen and oxygen atoms in total. The number of carbonyl (C=O) groups excluding carboxylic acids is 1. The average molecular weight is 356 g/mol. The summed E-state index contributed by atoms with van der Waals surface area (Å²) in [6, 6.07) is 0. The molecule has 1 aromatic heterocycles. The third-order valence-electron chi connectivity index (χ3n) is 4.54. The molecular weight excluding hydrogens is 332 g/mol. The van der Waals surface area contributed by atoms with Gasteiger partial charge in [-0.2, -0.15) is 5.10 Å². The number of rotatable bonds is 6. The quantitative estimate of drug-likeness (QED) is 0.757. The third-order valence-corrected chi connectivity index (χ3v) is 5.93. The SMILES string of the molecule is C[C@@H]1C[C@H]1C(=O)N1CCO[C@@H](CS(=O)(=O)NCc2cnn(C)c2)C1. The molecule has 2 heterocycles. The van der Waals surface area contributed by atoms with E-state index in [4.69, 9.17) is 4.74 Å². The van der Waals surface area contributed by atoms with Crippen LogP contribution in [-0.2, 0) is 33.1 Å². The van der Waals surface area contributed by atoms with E-state index in [1.165, 1.54) is 0 Å². The molecule has 0 bridgehead atoms. The predicted octanol–water partition coefficient (Wildman–Crippen LogP) is -0.277. The summed E-state index contributed by atoms with van der Waals surface area (Å²) < 4.78 is 34.2. The van der Waals surface area contributed by atoms with Gasteiger partial charge in [0.15, 0.2) is 0 Å². The normalized spacial score (nSPS) is 27.2. The van der Waals surface area contributed by atoms with Gasteiger partial charge in [-0.25, -0.2) is 13.1 Å². The monoisotopic (exact) mass is 356 g/mol. The van der Waals surface area contributed by atoms with Crippen molar-refractivity contribution in [2.24, 2.45) is 18.9 Å². The lowest BCUT2D eigenvalue weighted by atomic mass is 10.2. The van der Waals surface area contributed by atoms with Crippen LogP contribution in [0.2, 0.25) is 0 Å². The molecule has 9 heteroatoms. The van der Waals surface area contributed by atoms with Crippen molar-refractivity contribution in [1.29, 1.82) is 0 Å². The van der Waals surface area contributed by atoms with E-state index in [2.05, 4.69) is 16.7 Å². The number of amides is 1. The second-order valence-corrected chi connectivity index (χ2v) is 8.57. The summed E-state index contributed by atoms with van der Waals surface area (Å²) in [5.41, 5.74) is 0.796. The highest BCUT2D eigenvalue weighted by molar-refractivity contribution is 7.89. The Morgan fingerprint density at radius 1 is 1.50 bits per heavy atom. The fourth-order valence-electron chi connectivity index (χ4n) is 2.98. The molecule has 0 aromatic carbocycles. The van der Waals surface area contributed by atoms with Crippen LogP contribution in [0.3, 0.4) is 0 Å². The first-order valence-corrected chi connectivity index (χ1v) is 9.84. The maximum Gasteiger partial charge on any atom is 0.226 e. The molecule has 2 aliphatic rings. The summed E-state index contributed by atoms with van der Waals surface area (Å²) in [6.07, 6.45) is 3.84. The first kappa shape index (κ1) is 17.4. The Kier molecular flexibility index (Phi) is 4.93. The van der Waals surface area contributed by atoms with E-state index >= 15 is 0 Å². The zero-order chi connectivity index (χ0) is 17.3. The first-order valence-electron chi connectivity index (χ1n) is 8.19. The molecule has 1 saturated heterocycles. The van der Waals surface area contributed by atoms with Gasteiger partial charge < -0.3 is 9.64 Å². The fourth-order valence-corrected chi connectivity index (χ4v) is 4.18. The van der Waals surface area contributed by atoms with Gasteiger partial charge in [0.2, 0.25) is 15.9 Å². The number of morpholine rings is 1. The number of hydrogen-bond acceptors (Lipinski definition) is 5. The molecule has 0 spiro atoms. The highest BCUT2D eigenvalue weighted by Crippen LogP contribution is 2.39. The van der Waals surface area contributed by atoms with Crippen LogP contribution in [-0.4, -0.2) is 60.6 Å². The number of nitrogens with one attached hydrogen (secondary N) is 1. The number of hydrogen-bond donors (Lipinski definition) is 1. The molecule has 1 aromatic rings. The number of sulfonamides is 1. The zero-order valence-corrected chi connectivity index (χ0v) is 14.8. The molecule has 2 fully saturated rings. The summed E-state index contributed by atoms with van der Waals surface area (Å²) in [5.74, 6) is 0.557. The van der Waals surface area contributed by atoms with E-state index in [1.54, 1.807) is 29.0 Å². The van der Waals surface area contributed by atoms with Crippen LogP contribution < -0.4 is 4.72 Å². The summed E-state index contributed by atoms with van der Waals surface area (Å²) in [6.45, 7) is 3.53. The Labute approximate surface area is 142 Å². The Hall–Kier alpha value is -1.45. The van der Waals surface area contributed by atoms with Crippen LogP contribution in [0.1, 0.15) is 18.9 Å². The lowest BCUT2D eigenvalue weighted by molar-refractivity contribution is -0.139. The average Bonchev–Trinajstić information content (AvgIpc) is 3.10. The lowest BCUT2D eigenvalue weighted by Crippen LogP contribution is -2.49. The van der Waals surface area contributed by atoms with Gasteiger partial charge in [0.1, 0.15) is 0 Å². The molecule has 1 aliphatic heterocycles. The number of carbonyl (C=O) groups is 1. The molecular formula is C15H24N4O4S. The van der Waals surface area contributed by atoms with Crippen LogP contribution >= 0.6 is 0 Å². The minimum atomic E-state index is -3.48. The van der Waals surface area contributed by atoms with E-state index < -0.39 is 16.1 Å². The summed E-state index contributed by atoms with van der Waals surface area (Å²) in [7, 11) is -1.71. The van der Waals surface area contributed by atoms with Gasteiger partial charge in [-0.15, -0.1) is 0 Å². The summed E-state index contributed by atoms with van der Waals surface area (Å²) in [4.78, 5) is 14.0. The van der Waals surface area contributed by atoms with Crippen molar-refractivity contribution in [2.45, 2.75) is 26.0 Å². The molecule has 24 heavy (non-hydrogen) atoms. The minimum absolute atomic E-state index is 0.115. The molecule has 3 rings (SSSR count). The van der Waals surface area contributed by atoms with Gasteiger partial charge in [0.05, 0.1) is 24.7 Å². The maximum absolute atomic E-state index is 12.3.